The summed E-state index contributed by atoms with van der Waals surface area (Å²) in [4.78, 5) is 25.7. The second-order valence-electron chi connectivity index (χ2n) is 5.50. The Morgan fingerprint density at radius 3 is 2.32 bits per heavy atom. The van der Waals surface area contributed by atoms with E-state index in [-0.39, 0.29) is 5.91 Å². The minimum atomic E-state index is -0.207. The van der Waals surface area contributed by atoms with Gasteiger partial charge in [-0.1, -0.05) is 48.5 Å². The second kappa shape index (κ2) is 6.49. The number of carbonyl (C=O) groups is 1. The topological polar surface area (TPSA) is 67.8 Å². The molecule has 4 rings (SSSR count). The van der Waals surface area contributed by atoms with Gasteiger partial charge in [0.1, 0.15) is 11.0 Å². The maximum absolute atomic E-state index is 12.4. The van der Waals surface area contributed by atoms with Gasteiger partial charge in [-0.2, -0.15) is 0 Å². The molecule has 5 heteroatoms. The first-order chi connectivity index (χ1) is 12.3. The molecule has 0 fully saturated rings. The molecule has 2 heterocycles. The summed E-state index contributed by atoms with van der Waals surface area (Å²) in [6, 6.07) is 18.8. The lowest BCUT2D eigenvalue weighted by Crippen LogP contribution is -2.12. The first kappa shape index (κ1) is 15.0. The predicted molar refractivity (Wildman–Crippen MR) is 97.2 cm³/mol. The fraction of sp³-hybridized carbons (Fsp3) is 0. The quantitative estimate of drug-likeness (QED) is 0.619. The molecule has 0 radical (unpaired) electrons. The third-order valence-corrected chi connectivity index (χ3v) is 3.81. The van der Waals surface area contributed by atoms with E-state index in [4.69, 9.17) is 0 Å². The van der Waals surface area contributed by atoms with Gasteiger partial charge in [0.15, 0.2) is 0 Å². The maximum atomic E-state index is 12.4. The van der Waals surface area contributed by atoms with Crippen molar-refractivity contribution in [2.45, 2.75) is 0 Å². The largest absolute Gasteiger partial charge is 0.319 e. The van der Waals surface area contributed by atoms with Crippen molar-refractivity contribution in [2.24, 2.45) is 0 Å². The zero-order valence-electron chi connectivity index (χ0n) is 13.3. The van der Waals surface area contributed by atoms with Gasteiger partial charge in [-0.3, -0.25) is 14.8 Å². The van der Waals surface area contributed by atoms with E-state index in [1.54, 1.807) is 30.7 Å². The molecule has 2 aromatic heterocycles. The number of benzene rings is 2. The number of fused-ring (bicyclic) bond motifs is 1. The van der Waals surface area contributed by atoms with E-state index < -0.39 is 0 Å². The molecule has 4 aromatic rings. The lowest BCUT2D eigenvalue weighted by Gasteiger charge is -2.08. The van der Waals surface area contributed by atoms with Crippen LogP contribution >= 0.6 is 0 Å². The van der Waals surface area contributed by atoms with Crippen LogP contribution in [0, 0.1) is 0 Å². The van der Waals surface area contributed by atoms with Crippen molar-refractivity contribution in [3.63, 3.8) is 0 Å². The van der Waals surface area contributed by atoms with Crippen LogP contribution in [-0.4, -0.2) is 20.9 Å². The van der Waals surface area contributed by atoms with Gasteiger partial charge in [-0.05, 0) is 12.1 Å². The second-order valence-corrected chi connectivity index (χ2v) is 5.50. The molecule has 0 saturated heterocycles. The summed E-state index contributed by atoms with van der Waals surface area (Å²) in [7, 11) is 0. The summed E-state index contributed by atoms with van der Waals surface area (Å²) in [5, 5.41) is 2.88. The molecular formula is C20H14N4O. The monoisotopic (exact) mass is 326 g/mol. The van der Waals surface area contributed by atoms with Gasteiger partial charge in [-0.15, -0.1) is 0 Å². The first-order valence-electron chi connectivity index (χ1n) is 7.84. The van der Waals surface area contributed by atoms with Gasteiger partial charge in [0, 0.05) is 11.1 Å². The lowest BCUT2D eigenvalue weighted by molar-refractivity contribution is 0.102. The van der Waals surface area contributed by atoms with Crippen molar-refractivity contribution in [1.29, 1.82) is 0 Å². The van der Waals surface area contributed by atoms with Crippen LogP contribution in [0.5, 0.6) is 0 Å². The van der Waals surface area contributed by atoms with Crippen molar-refractivity contribution < 1.29 is 4.79 Å². The summed E-state index contributed by atoms with van der Waals surface area (Å²) in [6.07, 6.45) is 4.93. The minimum Gasteiger partial charge on any atom is -0.319 e. The highest BCUT2D eigenvalue weighted by molar-refractivity contribution is 6.07. The number of pyridine rings is 1. The summed E-state index contributed by atoms with van der Waals surface area (Å²) >= 11 is 0. The van der Waals surface area contributed by atoms with Crippen molar-refractivity contribution in [3.8, 4) is 11.3 Å². The van der Waals surface area contributed by atoms with Gasteiger partial charge < -0.3 is 5.32 Å². The normalized spacial score (nSPS) is 10.6. The molecule has 25 heavy (non-hydrogen) atoms. The van der Waals surface area contributed by atoms with E-state index in [1.165, 1.54) is 0 Å². The molecule has 0 bridgehead atoms. The number of carbonyl (C=O) groups excluding carboxylic acids is 1. The van der Waals surface area contributed by atoms with E-state index in [9.17, 15) is 4.79 Å². The average molecular weight is 326 g/mol. The van der Waals surface area contributed by atoms with Crippen LogP contribution < -0.4 is 5.32 Å². The third kappa shape index (κ3) is 3.07. The summed E-state index contributed by atoms with van der Waals surface area (Å²) < 4.78 is 0. The minimum absolute atomic E-state index is 0.207. The smallest absolute Gasteiger partial charge is 0.255 e. The number of hydrogen-bond donors (Lipinski definition) is 1. The molecule has 0 aliphatic rings. The Labute approximate surface area is 144 Å². The zero-order valence-corrected chi connectivity index (χ0v) is 13.3. The van der Waals surface area contributed by atoms with Crippen LogP contribution in [-0.2, 0) is 0 Å². The SMILES string of the molecule is O=C(Nc1cncc2ncc(-c3ccccc3)nc12)c1ccccc1. The molecule has 2 aromatic carbocycles. The molecule has 0 saturated carbocycles. The Bertz CT molecular complexity index is 1030. The molecular weight excluding hydrogens is 312 g/mol. The molecule has 5 nitrogen and oxygen atoms in total. The molecule has 0 aliphatic carbocycles. The van der Waals surface area contributed by atoms with Crippen molar-refractivity contribution in [3.05, 3.63) is 84.8 Å². The summed E-state index contributed by atoms with van der Waals surface area (Å²) in [6.45, 7) is 0. The number of anilines is 1. The van der Waals surface area contributed by atoms with Gasteiger partial charge in [0.05, 0.1) is 30.0 Å². The highest BCUT2D eigenvalue weighted by atomic mass is 16.1. The Morgan fingerprint density at radius 2 is 1.56 bits per heavy atom. The average Bonchev–Trinajstić information content (AvgIpc) is 2.69. The Kier molecular flexibility index (Phi) is 3.88. The Morgan fingerprint density at radius 1 is 0.840 bits per heavy atom. The van der Waals surface area contributed by atoms with E-state index >= 15 is 0 Å². The molecule has 0 unspecified atom stereocenters. The number of amides is 1. The fourth-order valence-electron chi connectivity index (χ4n) is 2.56. The number of nitrogens with one attached hydrogen (secondary N) is 1. The molecule has 1 N–H and O–H groups in total. The van der Waals surface area contributed by atoms with E-state index in [2.05, 4.69) is 20.3 Å². The van der Waals surface area contributed by atoms with Gasteiger partial charge in [-0.25, -0.2) is 4.98 Å². The highest BCUT2D eigenvalue weighted by Gasteiger charge is 2.11. The fourth-order valence-corrected chi connectivity index (χ4v) is 2.56. The van der Waals surface area contributed by atoms with Gasteiger partial charge in [0.25, 0.3) is 5.91 Å². The number of nitrogens with zero attached hydrogens (tertiary/aromatic N) is 3. The molecule has 0 aliphatic heterocycles. The van der Waals surface area contributed by atoms with Crippen LogP contribution in [0.25, 0.3) is 22.3 Å². The number of rotatable bonds is 3. The molecule has 0 spiro atoms. The predicted octanol–water partition coefficient (Wildman–Crippen LogP) is 3.94. The van der Waals surface area contributed by atoms with Crippen molar-refractivity contribution >= 4 is 22.6 Å². The van der Waals surface area contributed by atoms with Crippen LogP contribution in [0.2, 0.25) is 0 Å². The lowest BCUT2D eigenvalue weighted by atomic mass is 10.1. The molecule has 1 amide bonds. The first-order valence-corrected chi connectivity index (χ1v) is 7.84. The third-order valence-electron chi connectivity index (χ3n) is 3.81. The molecule has 0 atom stereocenters. The maximum Gasteiger partial charge on any atom is 0.255 e. The van der Waals surface area contributed by atoms with Gasteiger partial charge >= 0.3 is 0 Å². The van der Waals surface area contributed by atoms with E-state index in [1.807, 2.05) is 48.5 Å². The standard InChI is InChI=1S/C20H14N4O/c25-20(15-9-5-2-6-10-15)24-18-12-21-11-17-19(18)23-16(13-22-17)14-7-3-1-4-8-14/h1-13H,(H,24,25). The molecule has 120 valence electrons. The zero-order chi connectivity index (χ0) is 17.1. The highest BCUT2D eigenvalue weighted by Crippen LogP contribution is 2.23. The van der Waals surface area contributed by atoms with Crippen molar-refractivity contribution in [2.75, 3.05) is 5.32 Å². The van der Waals surface area contributed by atoms with Crippen LogP contribution in [0.15, 0.2) is 79.3 Å². The van der Waals surface area contributed by atoms with E-state index in [0.717, 1.165) is 11.3 Å². The van der Waals surface area contributed by atoms with Crippen LogP contribution in [0.1, 0.15) is 10.4 Å². The number of aromatic nitrogens is 3. The van der Waals surface area contributed by atoms with Crippen molar-refractivity contribution in [1.82, 2.24) is 15.0 Å². The van der Waals surface area contributed by atoms with E-state index in [0.29, 0.717) is 22.3 Å². The Balaban J connectivity index is 1.75. The van der Waals surface area contributed by atoms with Crippen LogP contribution in [0.3, 0.4) is 0 Å². The van der Waals surface area contributed by atoms with Crippen LogP contribution in [0.4, 0.5) is 5.69 Å². The Hall–Kier alpha value is -3.60. The number of hydrogen-bond acceptors (Lipinski definition) is 4. The summed E-state index contributed by atoms with van der Waals surface area (Å²) in [5.41, 5.74) is 4.07. The summed E-state index contributed by atoms with van der Waals surface area (Å²) in [5.74, 6) is -0.207. The van der Waals surface area contributed by atoms with Gasteiger partial charge in [0.2, 0.25) is 0 Å².